The summed E-state index contributed by atoms with van der Waals surface area (Å²) in [5, 5.41) is 88.5. The van der Waals surface area contributed by atoms with E-state index >= 15 is 0 Å². The molecule has 3 aromatic carbocycles. The first kappa shape index (κ1) is 73.8. The Morgan fingerprint density at radius 1 is 0.792 bits per heavy atom. The van der Waals surface area contributed by atoms with Crippen molar-refractivity contribution >= 4 is 64.5 Å². The van der Waals surface area contributed by atoms with Crippen LogP contribution in [0.5, 0.6) is 23.0 Å². The third-order valence-corrected chi connectivity index (χ3v) is 16.7. The van der Waals surface area contributed by atoms with Gasteiger partial charge >= 0.3 is 0 Å². The number of nitrogens with one attached hydrogen (secondary N) is 8. The first-order valence-electron chi connectivity index (χ1n) is 31.0. The number of benzene rings is 3. The number of primary amides is 1. The number of rotatable bonds is 29. The zero-order valence-corrected chi connectivity index (χ0v) is 54.4. The summed E-state index contributed by atoms with van der Waals surface area (Å²) in [7, 11) is 1.30. The Labute approximate surface area is 551 Å². The number of carbonyl (C=O) groups excluding carboxylic acids is 10. The maximum Gasteiger partial charge on any atom is 0.261 e. The molecule has 1 fully saturated rings. The number of hydrogen-bond acceptors (Lipinski definition) is 23. The van der Waals surface area contributed by atoms with Crippen molar-refractivity contribution in [2.45, 2.75) is 173 Å². The number of aliphatic hydroxyl groups is 3. The highest BCUT2D eigenvalue weighted by Crippen LogP contribution is 2.53. The van der Waals surface area contributed by atoms with Gasteiger partial charge in [0.25, 0.3) is 5.91 Å². The lowest BCUT2D eigenvalue weighted by molar-refractivity contribution is -0.245. The van der Waals surface area contributed by atoms with Crippen molar-refractivity contribution in [1.82, 2.24) is 47.2 Å². The summed E-state index contributed by atoms with van der Waals surface area (Å²) in [5.74, 6) is -11.2. The number of aromatic amines is 1. The third kappa shape index (κ3) is 17.6. The van der Waals surface area contributed by atoms with Crippen LogP contribution >= 0.6 is 0 Å². The molecule has 8 amide bonds. The van der Waals surface area contributed by atoms with Crippen LogP contribution in [0, 0.1) is 11.8 Å². The number of nitrogens with two attached hydrogens (primary N) is 2. The number of phenolic OH excluding ortho intramolecular Hbond substituents is 3. The molecule has 0 unspecified atom stereocenters. The molecule has 2 aliphatic carbocycles. The highest BCUT2D eigenvalue weighted by atomic mass is 16.7. The zero-order valence-electron chi connectivity index (χ0n) is 54.4. The number of nitrogens with zero attached hydrogens (tertiary/aromatic N) is 2. The van der Waals surface area contributed by atoms with Gasteiger partial charge in [0.2, 0.25) is 47.1 Å². The Kier molecular flexibility index (Phi) is 24.4. The lowest BCUT2D eigenvalue weighted by Gasteiger charge is -2.42. The van der Waals surface area contributed by atoms with E-state index in [4.69, 9.17) is 30.5 Å². The van der Waals surface area contributed by atoms with E-state index in [-0.39, 0.29) is 71.1 Å². The maximum absolute atomic E-state index is 14.3. The number of amides is 8. The standard InChI is InChI=1S/C64H84N12O20/c1-27(2)17-39(60(88)68-24-44(79)71-40(18-33-13-15-35(78)16-14-33)61(89)70-29(5)59(87)75-52(30(6)77)58(66)86)72-62(90)41(19-34-23-67-26-69-34)73-63(91)51(28(3)4)74-45(80)25-94-76-32(8)64(92)21-37-48(43(22-64)96-46-20-38(65)53(81)31(7)95-46)57(85)50-49(55(37)83)54(82)36-11-10-12-42(93-9)47(36)56(50)84/h10-16,23,26-31,38-41,43,46,51-53,77-78,81,83,85,92H,17-22,24-25,65H2,1-9H3,(H2,66,86)(H,67,69)(H,68,88)(H,70,89)(H,71,79)(H,72,90)(H,73,91)(H,74,80)(H,75,87)/b76-32+/t29-,30+,31-,38-,39-,40-,41-,43-,46-,51-,52-,53+,64-/m0/s1. The largest absolute Gasteiger partial charge is 0.508 e. The number of phenols is 3. The molecule has 0 spiro atoms. The van der Waals surface area contributed by atoms with Crippen LogP contribution in [0.15, 0.2) is 60.1 Å². The molecule has 0 radical (unpaired) electrons. The minimum absolute atomic E-state index is 0.0194. The first-order valence-corrected chi connectivity index (χ1v) is 31.0. The van der Waals surface area contributed by atoms with Crippen LogP contribution in [0.2, 0.25) is 0 Å². The van der Waals surface area contributed by atoms with Gasteiger partial charge in [-0.05, 0) is 69.7 Å². The van der Waals surface area contributed by atoms with Gasteiger partial charge in [-0.15, -0.1) is 0 Å². The predicted molar refractivity (Wildman–Crippen MR) is 338 cm³/mol. The van der Waals surface area contributed by atoms with E-state index in [1.807, 2.05) is 0 Å². The summed E-state index contributed by atoms with van der Waals surface area (Å²) in [6.07, 6.45) is -4.58. The molecule has 1 aromatic heterocycles. The number of H-pyrrole nitrogens is 1. The van der Waals surface area contributed by atoms with Crippen molar-refractivity contribution in [2.24, 2.45) is 28.5 Å². The number of aromatic hydroxyl groups is 3. The molecular formula is C64H84N12O20. The molecule has 3 aliphatic rings. The van der Waals surface area contributed by atoms with Crippen molar-refractivity contribution < 1.29 is 97.6 Å². The molecule has 4 aromatic rings. The van der Waals surface area contributed by atoms with E-state index in [1.54, 1.807) is 34.6 Å². The Bertz CT molecular complexity index is 3590. The van der Waals surface area contributed by atoms with Crippen LogP contribution in [0.3, 0.4) is 0 Å². The summed E-state index contributed by atoms with van der Waals surface area (Å²) in [6, 6.07) is 0.834. The van der Waals surface area contributed by atoms with E-state index in [1.165, 1.54) is 82.9 Å². The Hall–Kier alpha value is -9.60. The molecule has 2 heterocycles. The van der Waals surface area contributed by atoms with E-state index in [0.29, 0.717) is 11.3 Å². The lowest BCUT2D eigenvalue weighted by Crippen LogP contribution is -2.59. The van der Waals surface area contributed by atoms with Crippen molar-refractivity contribution in [3.8, 4) is 23.0 Å². The summed E-state index contributed by atoms with van der Waals surface area (Å²) in [5.41, 5.74) is 8.34. The van der Waals surface area contributed by atoms with Gasteiger partial charge in [-0.25, -0.2) is 4.98 Å². The molecule has 0 saturated carbocycles. The van der Waals surface area contributed by atoms with Crippen molar-refractivity contribution in [3.05, 3.63) is 99.6 Å². The van der Waals surface area contributed by atoms with Crippen molar-refractivity contribution in [3.63, 3.8) is 0 Å². The second-order valence-electron chi connectivity index (χ2n) is 24.9. The van der Waals surface area contributed by atoms with E-state index in [9.17, 15) is 78.6 Å². The van der Waals surface area contributed by atoms with E-state index in [2.05, 4.69) is 52.3 Å². The number of carbonyl (C=O) groups is 10. The molecule has 13 atom stereocenters. The molecule has 1 saturated heterocycles. The Morgan fingerprint density at radius 2 is 1.45 bits per heavy atom. The minimum Gasteiger partial charge on any atom is -0.508 e. The molecular weight excluding hydrogens is 1260 g/mol. The highest BCUT2D eigenvalue weighted by molar-refractivity contribution is 6.31. The molecule has 96 heavy (non-hydrogen) atoms. The first-order chi connectivity index (χ1) is 45.2. The van der Waals surface area contributed by atoms with Gasteiger partial charge in [0.1, 0.15) is 64.9 Å². The smallest absolute Gasteiger partial charge is 0.261 e. The van der Waals surface area contributed by atoms with Gasteiger partial charge in [0, 0.05) is 66.7 Å². The van der Waals surface area contributed by atoms with Crippen LogP contribution in [0.4, 0.5) is 0 Å². The SMILES string of the molecule is COc1cccc2c1C(=O)c1c(O)c3c(c(O)c1C2=O)C[C@@](O)(/C(C)=N/OCC(=O)N[C@H](C(=O)N[C@@H](Cc1cnc[nH]1)C(=O)N[C@@H](CC(C)C)C(=O)NCC(=O)N[C@@H](Cc1ccc(O)cc1)C(=O)N[C@@H](C)C(=O)N[C@H](C(N)=O)[C@@H](C)O)C(C)C)C[C@@H]3O[C@H]1C[C@H](N)[C@H](O)[C@H](C)O1. The number of fused-ring (bicyclic) bond motifs is 3. The number of methoxy groups -OCH3 is 1. The second-order valence-corrected chi connectivity index (χ2v) is 24.9. The molecule has 32 nitrogen and oxygen atoms in total. The molecule has 1 aliphatic heterocycles. The topological polar surface area (TPSA) is 506 Å². The highest BCUT2D eigenvalue weighted by Gasteiger charge is 2.49. The fourth-order valence-corrected chi connectivity index (χ4v) is 11.5. The molecule has 32 heteroatoms. The normalized spacial score (nSPS) is 21.3. The van der Waals surface area contributed by atoms with Crippen molar-refractivity contribution in [1.29, 1.82) is 0 Å². The zero-order chi connectivity index (χ0) is 70.8. The minimum atomic E-state index is -2.14. The van der Waals surface area contributed by atoms with Gasteiger partial charge in [-0.2, -0.15) is 0 Å². The third-order valence-electron chi connectivity index (χ3n) is 16.7. The number of aliphatic hydroxyl groups excluding tert-OH is 2. The van der Waals surface area contributed by atoms with Crippen LogP contribution < -0.4 is 53.4 Å². The summed E-state index contributed by atoms with van der Waals surface area (Å²) < 4.78 is 17.6. The van der Waals surface area contributed by atoms with E-state index < -0.39 is 192 Å². The molecule has 520 valence electrons. The van der Waals surface area contributed by atoms with Gasteiger partial charge in [-0.1, -0.05) is 57.1 Å². The van der Waals surface area contributed by atoms with Gasteiger partial charge in [0.15, 0.2) is 18.7 Å². The van der Waals surface area contributed by atoms with Crippen LogP contribution in [-0.2, 0) is 71.9 Å². The van der Waals surface area contributed by atoms with Gasteiger partial charge in [0.05, 0.1) is 66.8 Å². The van der Waals surface area contributed by atoms with Gasteiger partial charge < -0.3 is 103 Å². The van der Waals surface area contributed by atoms with Gasteiger partial charge in [-0.3, -0.25) is 47.9 Å². The average molecular weight is 1340 g/mol. The van der Waals surface area contributed by atoms with E-state index in [0.717, 1.165) is 0 Å². The number of imidazole rings is 1. The Morgan fingerprint density at radius 3 is 2.06 bits per heavy atom. The fraction of sp³-hybridized carbons (Fsp3) is 0.500. The summed E-state index contributed by atoms with van der Waals surface area (Å²) >= 11 is 0. The van der Waals surface area contributed by atoms with Crippen LogP contribution in [0.1, 0.15) is 135 Å². The molecule has 7 rings (SSSR count). The number of hydrogen-bond donors (Lipinski definition) is 16. The van der Waals surface area contributed by atoms with Crippen LogP contribution in [0.25, 0.3) is 0 Å². The predicted octanol–water partition coefficient (Wildman–Crippen LogP) is -1.64. The maximum atomic E-state index is 14.3. The number of oxime groups is 1. The number of aromatic nitrogens is 2. The molecule has 0 bridgehead atoms. The second kappa shape index (κ2) is 31.8. The quantitative estimate of drug-likeness (QED) is 0.0145. The monoisotopic (exact) mass is 1340 g/mol. The number of ketones is 2. The molecule has 18 N–H and O–H groups in total. The fourth-order valence-electron chi connectivity index (χ4n) is 11.5. The summed E-state index contributed by atoms with van der Waals surface area (Å²) in [4.78, 5) is 149. The lowest BCUT2D eigenvalue weighted by atomic mass is 9.72. The van der Waals surface area contributed by atoms with Crippen LogP contribution in [-0.4, -0.2) is 198 Å². The Balaban J connectivity index is 1.03. The number of ether oxygens (including phenoxy) is 3. The summed E-state index contributed by atoms with van der Waals surface area (Å²) in [6.45, 7) is 10.5. The average Bonchev–Trinajstić information content (AvgIpc) is 0.732. The van der Waals surface area contributed by atoms with Crippen molar-refractivity contribution in [2.75, 3.05) is 20.3 Å².